The first kappa shape index (κ1) is 9.04. The molecule has 0 spiro atoms. The van der Waals surface area contributed by atoms with E-state index in [-0.39, 0.29) is 0 Å². The van der Waals surface area contributed by atoms with Crippen LogP contribution in [0.25, 0.3) is 5.76 Å². The van der Waals surface area contributed by atoms with Gasteiger partial charge >= 0.3 is 0 Å². The molecule has 0 aromatic heterocycles. The smallest absolute Gasteiger partial charge is 0.170 e. The van der Waals surface area contributed by atoms with E-state index in [9.17, 15) is 0 Å². The molecule has 0 aliphatic carbocycles. The zero-order valence-corrected chi connectivity index (χ0v) is 8.59. The molecule has 78 valence electrons. The highest BCUT2D eigenvalue weighted by molar-refractivity contribution is 5.65. The molecular weight excluding hydrogens is 200 g/mol. The van der Waals surface area contributed by atoms with Gasteiger partial charge < -0.3 is 9.47 Å². The lowest BCUT2D eigenvalue weighted by Crippen LogP contribution is -2.04. The Morgan fingerprint density at radius 1 is 0.750 bits per heavy atom. The van der Waals surface area contributed by atoms with Gasteiger partial charge in [0.25, 0.3) is 0 Å². The third kappa shape index (κ3) is 1.54. The van der Waals surface area contributed by atoms with E-state index in [2.05, 4.69) is 0 Å². The van der Waals surface area contributed by atoms with Gasteiger partial charge in [-0.05, 0) is 24.3 Å². The van der Waals surface area contributed by atoms with Crippen LogP contribution in [-0.2, 0) is 9.47 Å². The molecule has 16 heavy (non-hydrogen) atoms. The SMILES string of the molecule is C1=COC2=CC=C(c3ccccc3)OC2=C1. The molecule has 0 fully saturated rings. The number of hydrogen-bond donors (Lipinski definition) is 0. The Morgan fingerprint density at radius 2 is 1.56 bits per heavy atom. The molecule has 0 radical (unpaired) electrons. The van der Waals surface area contributed by atoms with Crippen LogP contribution in [-0.4, -0.2) is 0 Å². The first-order valence-electron chi connectivity index (χ1n) is 5.12. The Hall–Kier alpha value is -2.22. The molecule has 1 aromatic carbocycles. The molecule has 1 aromatic rings. The van der Waals surface area contributed by atoms with Crippen LogP contribution in [0.4, 0.5) is 0 Å². The van der Waals surface area contributed by atoms with Crippen molar-refractivity contribution >= 4 is 5.76 Å². The van der Waals surface area contributed by atoms with Crippen LogP contribution >= 0.6 is 0 Å². The summed E-state index contributed by atoms with van der Waals surface area (Å²) in [6.45, 7) is 0. The summed E-state index contributed by atoms with van der Waals surface area (Å²) in [4.78, 5) is 0. The second kappa shape index (κ2) is 3.74. The Balaban J connectivity index is 1.96. The van der Waals surface area contributed by atoms with Gasteiger partial charge in [-0.1, -0.05) is 30.3 Å². The third-order valence-electron chi connectivity index (χ3n) is 2.43. The maximum absolute atomic E-state index is 5.75. The lowest BCUT2D eigenvalue weighted by atomic mass is 10.1. The summed E-state index contributed by atoms with van der Waals surface area (Å²) < 4.78 is 11.1. The molecule has 0 saturated heterocycles. The molecule has 2 aliphatic rings. The molecule has 0 amide bonds. The van der Waals surface area contributed by atoms with Crippen molar-refractivity contribution in [3.05, 3.63) is 78.0 Å². The lowest BCUT2D eigenvalue weighted by Gasteiger charge is -2.20. The highest BCUT2D eigenvalue weighted by atomic mass is 16.5. The monoisotopic (exact) mass is 210 g/mol. The van der Waals surface area contributed by atoms with Gasteiger partial charge in [0.2, 0.25) is 0 Å². The fourth-order valence-corrected chi connectivity index (χ4v) is 1.65. The number of allylic oxidation sites excluding steroid dienone is 4. The first-order chi connectivity index (χ1) is 7.93. The second-order valence-electron chi connectivity index (χ2n) is 3.51. The van der Waals surface area contributed by atoms with E-state index in [1.807, 2.05) is 54.6 Å². The van der Waals surface area contributed by atoms with Crippen molar-refractivity contribution in [2.24, 2.45) is 0 Å². The van der Waals surface area contributed by atoms with Crippen LogP contribution in [0.5, 0.6) is 0 Å². The average Bonchev–Trinajstić information content (AvgIpc) is 2.39. The zero-order valence-electron chi connectivity index (χ0n) is 8.59. The minimum Gasteiger partial charge on any atom is -0.461 e. The van der Waals surface area contributed by atoms with Crippen LogP contribution in [0.3, 0.4) is 0 Å². The molecule has 2 heteroatoms. The Labute approximate surface area is 93.8 Å². The summed E-state index contributed by atoms with van der Waals surface area (Å²) in [7, 11) is 0. The van der Waals surface area contributed by atoms with E-state index in [1.54, 1.807) is 6.26 Å². The summed E-state index contributed by atoms with van der Waals surface area (Å²) in [5.74, 6) is 2.35. The van der Waals surface area contributed by atoms with Crippen LogP contribution in [0.15, 0.2) is 72.4 Å². The van der Waals surface area contributed by atoms with Gasteiger partial charge in [-0.3, -0.25) is 0 Å². The van der Waals surface area contributed by atoms with Crippen LogP contribution < -0.4 is 0 Å². The normalized spacial score (nSPS) is 17.4. The van der Waals surface area contributed by atoms with Crippen molar-refractivity contribution in [3.8, 4) is 0 Å². The predicted molar refractivity (Wildman–Crippen MR) is 61.9 cm³/mol. The second-order valence-corrected chi connectivity index (χ2v) is 3.51. The van der Waals surface area contributed by atoms with Gasteiger partial charge in [-0.25, -0.2) is 0 Å². The molecular formula is C14H10O2. The average molecular weight is 210 g/mol. The van der Waals surface area contributed by atoms with Crippen molar-refractivity contribution in [2.75, 3.05) is 0 Å². The summed E-state index contributed by atoms with van der Waals surface area (Å²) in [5.41, 5.74) is 1.06. The van der Waals surface area contributed by atoms with Crippen LogP contribution in [0.2, 0.25) is 0 Å². The quantitative estimate of drug-likeness (QED) is 0.707. The number of rotatable bonds is 1. The molecule has 0 saturated carbocycles. The lowest BCUT2D eigenvalue weighted by molar-refractivity contribution is 0.278. The summed E-state index contributed by atoms with van der Waals surface area (Å²) in [6.07, 6.45) is 9.19. The summed E-state index contributed by atoms with van der Waals surface area (Å²) in [6, 6.07) is 10.0. The number of hydrogen-bond acceptors (Lipinski definition) is 2. The van der Waals surface area contributed by atoms with E-state index in [1.165, 1.54) is 0 Å². The summed E-state index contributed by atoms with van der Waals surface area (Å²) >= 11 is 0. The Morgan fingerprint density at radius 3 is 2.44 bits per heavy atom. The minimum absolute atomic E-state index is 0.752. The minimum atomic E-state index is 0.752. The van der Waals surface area contributed by atoms with E-state index >= 15 is 0 Å². The van der Waals surface area contributed by atoms with Crippen molar-refractivity contribution in [1.82, 2.24) is 0 Å². The predicted octanol–water partition coefficient (Wildman–Crippen LogP) is 3.37. The fraction of sp³-hybridized carbons (Fsp3) is 0. The third-order valence-corrected chi connectivity index (χ3v) is 2.43. The first-order valence-corrected chi connectivity index (χ1v) is 5.12. The Bertz CT molecular complexity index is 519. The number of ether oxygens (including phenoxy) is 2. The van der Waals surface area contributed by atoms with Gasteiger partial charge in [0.05, 0.1) is 6.26 Å². The van der Waals surface area contributed by atoms with Gasteiger partial charge in [0.1, 0.15) is 5.76 Å². The molecule has 3 rings (SSSR count). The molecule has 2 heterocycles. The van der Waals surface area contributed by atoms with Crippen LogP contribution in [0.1, 0.15) is 5.56 Å². The van der Waals surface area contributed by atoms with E-state index in [0.29, 0.717) is 0 Å². The number of fused-ring (bicyclic) bond motifs is 1. The van der Waals surface area contributed by atoms with Crippen molar-refractivity contribution < 1.29 is 9.47 Å². The highest BCUT2D eigenvalue weighted by Crippen LogP contribution is 2.29. The molecule has 0 bridgehead atoms. The van der Waals surface area contributed by atoms with Crippen molar-refractivity contribution in [2.45, 2.75) is 0 Å². The molecule has 0 N–H and O–H groups in total. The highest BCUT2D eigenvalue weighted by Gasteiger charge is 2.16. The maximum atomic E-state index is 5.75. The van der Waals surface area contributed by atoms with Gasteiger partial charge in [0, 0.05) is 5.56 Å². The summed E-state index contributed by atoms with van der Waals surface area (Å²) in [5, 5.41) is 0. The van der Waals surface area contributed by atoms with Crippen molar-refractivity contribution in [1.29, 1.82) is 0 Å². The molecule has 2 nitrogen and oxygen atoms in total. The molecule has 0 unspecified atom stereocenters. The van der Waals surface area contributed by atoms with E-state index in [4.69, 9.17) is 9.47 Å². The topological polar surface area (TPSA) is 18.5 Å². The van der Waals surface area contributed by atoms with Gasteiger partial charge in [-0.2, -0.15) is 0 Å². The fourth-order valence-electron chi connectivity index (χ4n) is 1.65. The van der Waals surface area contributed by atoms with E-state index < -0.39 is 0 Å². The van der Waals surface area contributed by atoms with Crippen molar-refractivity contribution in [3.63, 3.8) is 0 Å². The Kier molecular flexibility index (Phi) is 2.11. The molecule has 0 atom stereocenters. The van der Waals surface area contributed by atoms with Gasteiger partial charge in [-0.15, -0.1) is 0 Å². The van der Waals surface area contributed by atoms with Crippen LogP contribution in [0, 0.1) is 0 Å². The maximum Gasteiger partial charge on any atom is 0.170 e. The van der Waals surface area contributed by atoms with E-state index in [0.717, 1.165) is 22.8 Å². The largest absolute Gasteiger partial charge is 0.461 e. The van der Waals surface area contributed by atoms with Gasteiger partial charge in [0.15, 0.2) is 11.5 Å². The zero-order chi connectivity index (χ0) is 10.8. The standard InChI is InChI=1S/C14H10O2/c1-2-5-11(6-3-1)12-8-9-13-14(16-12)7-4-10-15-13/h1-10H. The molecule has 2 aliphatic heterocycles. The number of benzene rings is 1.